The van der Waals surface area contributed by atoms with Crippen molar-refractivity contribution in [2.75, 3.05) is 13.2 Å². The van der Waals surface area contributed by atoms with Gasteiger partial charge in [-0.3, -0.25) is 0 Å². The van der Waals surface area contributed by atoms with E-state index in [1.165, 1.54) is 5.56 Å². The fraction of sp³-hybridized carbons (Fsp3) is 0.571. The molecule has 2 rings (SSSR count). The zero-order valence-corrected chi connectivity index (χ0v) is 11.4. The van der Waals surface area contributed by atoms with Crippen LogP contribution in [-0.4, -0.2) is 19.3 Å². The van der Waals surface area contributed by atoms with Crippen molar-refractivity contribution in [3.63, 3.8) is 0 Å². The highest BCUT2D eigenvalue weighted by Crippen LogP contribution is 2.33. The molecule has 0 bridgehead atoms. The Hall–Kier alpha value is -0.730. The fourth-order valence-corrected chi connectivity index (χ4v) is 1.83. The summed E-state index contributed by atoms with van der Waals surface area (Å²) in [5.74, 6) is 0.748. The third kappa shape index (κ3) is 3.14. The van der Waals surface area contributed by atoms with E-state index in [4.69, 9.17) is 21.1 Å². The lowest BCUT2D eigenvalue weighted by atomic mass is 9.82. The molecule has 1 saturated heterocycles. The van der Waals surface area contributed by atoms with Gasteiger partial charge in [0.1, 0.15) is 18.5 Å². The fourth-order valence-electron chi connectivity index (χ4n) is 1.59. The molecule has 1 aliphatic heterocycles. The van der Waals surface area contributed by atoms with Gasteiger partial charge in [0, 0.05) is 0 Å². The van der Waals surface area contributed by atoms with Gasteiger partial charge in [-0.2, -0.15) is 0 Å². The van der Waals surface area contributed by atoms with Gasteiger partial charge in [-0.25, -0.2) is 0 Å². The van der Waals surface area contributed by atoms with Crippen LogP contribution >= 0.6 is 11.6 Å². The molecule has 1 fully saturated rings. The standard InChI is InChI=1S/C14H19ClO2/c1-4-14(2,3)10-5-6-13(12(15)7-10)17-9-11-8-16-11/h5-7,11H,4,8-9H2,1-3H3. The Morgan fingerprint density at radius 3 is 2.71 bits per heavy atom. The van der Waals surface area contributed by atoms with Gasteiger partial charge in [0.2, 0.25) is 0 Å². The maximum Gasteiger partial charge on any atom is 0.138 e. The van der Waals surface area contributed by atoms with E-state index >= 15 is 0 Å². The number of epoxide rings is 1. The van der Waals surface area contributed by atoms with E-state index in [0.717, 1.165) is 18.8 Å². The number of benzene rings is 1. The average molecular weight is 255 g/mol. The second-order valence-corrected chi connectivity index (χ2v) is 5.56. The molecule has 0 aliphatic carbocycles. The van der Waals surface area contributed by atoms with Gasteiger partial charge in [-0.05, 0) is 29.5 Å². The minimum Gasteiger partial charge on any atom is -0.489 e. The average Bonchev–Trinajstić information content (AvgIpc) is 3.11. The van der Waals surface area contributed by atoms with Crippen molar-refractivity contribution in [2.45, 2.75) is 38.7 Å². The van der Waals surface area contributed by atoms with Crippen molar-refractivity contribution in [2.24, 2.45) is 0 Å². The normalized spacial score (nSPS) is 19.2. The Kier molecular flexibility index (Phi) is 3.64. The van der Waals surface area contributed by atoms with Gasteiger partial charge in [-0.1, -0.05) is 38.4 Å². The Morgan fingerprint density at radius 2 is 2.18 bits per heavy atom. The zero-order chi connectivity index (χ0) is 12.5. The molecule has 0 saturated carbocycles. The van der Waals surface area contributed by atoms with Crippen LogP contribution in [0.3, 0.4) is 0 Å². The van der Waals surface area contributed by atoms with Crippen LogP contribution in [0.15, 0.2) is 18.2 Å². The third-order valence-electron chi connectivity index (χ3n) is 3.42. The maximum atomic E-state index is 6.23. The summed E-state index contributed by atoms with van der Waals surface area (Å²) in [5.41, 5.74) is 1.40. The number of rotatable bonds is 5. The van der Waals surface area contributed by atoms with Crippen molar-refractivity contribution in [1.29, 1.82) is 0 Å². The maximum absolute atomic E-state index is 6.23. The van der Waals surface area contributed by atoms with Crippen LogP contribution in [0.2, 0.25) is 5.02 Å². The summed E-state index contributed by atoms with van der Waals surface area (Å²) < 4.78 is 10.7. The third-order valence-corrected chi connectivity index (χ3v) is 3.72. The molecule has 0 amide bonds. The highest BCUT2D eigenvalue weighted by molar-refractivity contribution is 6.32. The number of hydrogen-bond acceptors (Lipinski definition) is 2. The summed E-state index contributed by atoms with van der Waals surface area (Å²) in [5, 5.41) is 0.685. The number of ether oxygens (including phenoxy) is 2. The SMILES string of the molecule is CCC(C)(C)c1ccc(OCC2CO2)c(Cl)c1. The first-order valence-corrected chi connectivity index (χ1v) is 6.45. The van der Waals surface area contributed by atoms with Gasteiger partial charge >= 0.3 is 0 Å². The van der Waals surface area contributed by atoms with Crippen LogP contribution in [0.4, 0.5) is 0 Å². The van der Waals surface area contributed by atoms with Crippen LogP contribution in [0.5, 0.6) is 5.75 Å². The number of hydrogen-bond donors (Lipinski definition) is 0. The highest BCUT2D eigenvalue weighted by Gasteiger charge is 2.24. The first-order valence-electron chi connectivity index (χ1n) is 6.07. The van der Waals surface area contributed by atoms with Crippen LogP contribution < -0.4 is 4.74 Å². The van der Waals surface area contributed by atoms with Crippen molar-refractivity contribution in [1.82, 2.24) is 0 Å². The molecule has 1 unspecified atom stereocenters. The molecule has 1 aromatic rings. The van der Waals surface area contributed by atoms with E-state index < -0.39 is 0 Å². The molecule has 0 radical (unpaired) electrons. The molecule has 1 heterocycles. The first kappa shape index (κ1) is 12.7. The monoisotopic (exact) mass is 254 g/mol. The molecule has 0 N–H and O–H groups in total. The van der Waals surface area contributed by atoms with Gasteiger partial charge < -0.3 is 9.47 Å². The summed E-state index contributed by atoms with van der Waals surface area (Å²) in [7, 11) is 0. The van der Waals surface area contributed by atoms with E-state index in [9.17, 15) is 0 Å². The summed E-state index contributed by atoms with van der Waals surface area (Å²) in [6.45, 7) is 8.02. The van der Waals surface area contributed by atoms with Crippen molar-refractivity contribution in [3.05, 3.63) is 28.8 Å². The Balaban J connectivity index is 2.10. The second kappa shape index (κ2) is 4.87. The summed E-state index contributed by atoms with van der Waals surface area (Å²) in [6, 6.07) is 6.06. The summed E-state index contributed by atoms with van der Waals surface area (Å²) in [4.78, 5) is 0. The lowest BCUT2D eigenvalue weighted by molar-refractivity contribution is 0.263. The molecule has 1 aliphatic rings. The second-order valence-electron chi connectivity index (χ2n) is 5.15. The molecule has 3 heteroatoms. The van der Waals surface area contributed by atoms with Crippen LogP contribution in [-0.2, 0) is 10.2 Å². The van der Waals surface area contributed by atoms with Crippen LogP contribution in [0, 0.1) is 0 Å². The smallest absolute Gasteiger partial charge is 0.138 e. The predicted molar refractivity (Wildman–Crippen MR) is 70.0 cm³/mol. The minimum atomic E-state index is 0.155. The topological polar surface area (TPSA) is 21.8 Å². The van der Waals surface area contributed by atoms with Gasteiger partial charge in [-0.15, -0.1) is 0 Å². The molecule has 1 atom stereocenters. The van der Waals surface area contributed by atoms with E-state index in [-0.39, 0.29) is 11.5 Å². The Labute approximate surface area is 108 Å². The minimum absolute atomic E-state index is 0.155. The molecule has 0 aromatic heterocycles. The lowest BCUT2D eigenvalue weighted by Gasteiger charge is -2.24. The van der Waals surface area contributed by atoms with Gasteiger partial charge in [0.25, 0.3) is 0 Å². The molecule has 17 heavy (non-hydrogen) atoms. The summed E-state index contributed by atoms with van der Waals surface area (Å²) >= 11 is 6.23. The van der Waals surface area contributed by atoms with Crippen LogP contribution in [0.1, 0.15) is 32.8 Å². The zero-order valence-electron chi connectivity index (χ0n) is 10.6. The number of halogens is 1. The van der Waals surface area contributed by atoms with E-state index in [1.54, 1.807) is 0 Å². The molecule has 94 valence electrons. The van der Waals surface area contributed by atoms with Crippen molar-refractivity contribution >= 4 is 11.6 Å². The predicted octanol–water partition coefficient (Wildman–Crippen LogP) is 3.81. The van der Waals surface area contributed by atoms with Crippen LogP contribution in [0.25, 0.3) is 0 Å². The highest BCUT2D eigenvalue weighted by atomic mass is 35.5. The molecular formula is C14H19ClO2. The van der Waals surface area contributed by atoms with Crippen molar-refractivity contribution in [3.8, 4) is 5.75 Å². The molecule has 0 spiro atoms. The van der Waals surface area contributed by atoms with Crippen molar-refractivity contribution < 1.29 is 9.47 Å². The molecule has 2 nitrogen and oxygen atoms in total. The quantitative estimate of drug-likeness (QED) is 0.746. The largest absolute Gasteiger partial charge is 0.489 e. The van der Waals surface area contributed by atoms with E-state index in [1.807, 2.05) is 12.1 Å². The Morgan fingerprint density at radius 1 is 1.47 bits per heavy atom. The van der Waals surface area contributed by atoms with Gasteiger partial charge in [0.15, 0.2) is 0 Å². The summed E-state index contributed by atoms with van der Waals surface area (Å²) in [6.07, 6.45) is 1.34. The van der Waals surface area contributed by atoms with Gasteiger partial charge in [0.05, 0.1) is 11.6 Å². The molecule has 1 aromatic carbocycles. The lowest BCUT2D eigenvalue weighted by Crippen LogP contribution is -2.15. The molecular weight excluding hydrogens is 236 g/mol. The Bertz CT molecular complexity index is 397. The van der Waals surface area contributed by atoms with E-state index in [2.05, 4.69) is 26.8 Å². The van der Waals surface area contributed by atoms with E-state index in [0.29, 0.717) is 11.6 Å². The first-order chi connectivity index (χ1) is 8.03.